The summed E-state index contributed by atoms with van der Waals surface area (Å²) in [5, 5.41) is 4.86. The lowest BCUT2D eigenvalue weighted by Gasteiger charge is -2.06. The third-order valence-corrected chi connectivity index (χ3v) is 3.62. The first-order chi connectivity index (χ1) is 12.3. The van der Waals surface area contributed by atoms with E-state index in [0.29, 0.717) is 0 Å². The molecule has 134 valence electrons. The van der Waals surface area contributed by atoms with Gasteiger partial charge in [-0.25, -0.2) is 4.98 Å². The van der Waals surface area contributed by atoms with E-state index in [0.717, 1.165) is 28.7 Å². The van der Waals surface area contributed by atoms with Crippen LogP contribution in [0.2, 0.25) is 0 Å². The number of nitrogens with one attached hydrogen (secondary N) is 1. The van der Waals surface area contributed by atoms with E-state index in [4.69, 9.17) is 5.73 Å². The van der Waals surface area contributed by atoms with Crippen molar-refractivity contribution in [3.63, 3.8) is 0 Å². The summed E-state index contributed by atoms with van der Waals surface area (Å²) in [5.74, 6) is -0.295. The van der Waals surface area contributed by atoms with Crippen LogP contribution in [0, 0.1) is 0 Å². The number of nitrogens with zero attached hydrogens (tertiary/aromatic N) is 3. The van der Waals surface area contributed by atoms with Gasteiger partial charge in [-0.2, -0.15) is 18.3 Å². The standard InChI is InChI=1S/C17H14F3N5O/c18-17(19,20)12-5-6-16(22-8-12)24-23-7-11-9-25(10-15(21)26)14-4-2-1-3-13(11)14/h1-9H,10H2,(H2,21,26)(H,22,24). The van der Waals surface area contributed by atoms with E-state index < -0.39 is 17.6 Å². The Morgan fingerprint density at radius 2 is 2.04 bits per heavy atom. The Labute approximate surface area is 146 Å². The molecule has 2 heterocycles. The molecule has 0 saturated heterocycles. The van der Waals surface area contributed by atoms with Crippen molar-refractivity contribution in [2.75, 3.05) is 5.43 Å². The molecule has 0 atom stereocenters. The Balaban J connectivity index is 1.79. The van der Waals surface area contributed by atoms with E-state index in [-0.39, 0.29) is 12.4 Å². The largest absolute Gasteiger partial charge is 0.417 e. The normalized spacial score (nSPS) is 12.0. The minimum Gasteiger partial charge on any atom is -0.368 e. The average molecular weight is 361 g/mol. The fraction of sp³-hybridized carbons (Fsp3) is 0.118. The second-order valence-electron chi connectivity index (χ2n) is 5.50. The molecule has 1 amide bonds. The van der Waals surface area contributed by atoms with Gasteiger partial charge in [-0.3, -0.25) is 10.2 Å². The Kier molecular flexibility index (Phi) is 4.61. The van der Waals surface area contributed by atoms with E-state index in [9.17, 15) is 18.0 Å². The number of primary amides is 1. The smallest absolute Gasteiger partial charge is 0.368 e. The lowest BCUT2D eigenvalue weighted by Crippen LogP contribution is -2.17. The van der Waals surface area contributed by atoms with Gasteiger partial charge in [0.1, 0.15) is 12.4 Å². The number of anilines is 1. The zero-order valence-corrected chi connectivity index (χ0v) is 13.4. The minimum absolute atomic E-state index is 0.0300. The number of hydrazone groups is 1. The van der Waals surface area contributed by atoms with Gasteiger partial charge in [0.25, 0.3) is 0 Å². The molecule has 2 aromatic heterocycles. The van der Waals surface area contributed by atoms with E-state index >= 15 is 0 Å². The number of carbonyl (C=O) groups excluding carboxylic acids is 1. The van der Waals surface area contributed by atoms with Gasteiger partial charge in [0.05, 0.1) is 11.8 Å². The molecule has 0 aliphatic carbocycles. The summed E-state index contributed by atoms with van der Waals surface area (Å²) in [5.41, 5.74) is 8.54. The number of alkyl halides is 3. The predicted octanol–water partition coefficient (Wildman–Crippen LogP) is 2.99. The Morgan fingerprint density at radius 3 is 2.69 bits per heavy atom. The van der Waals surface area contributed by atoms with Crippen LogP contribution in [0.5, 0.6) is 0 Å². The van der Waals surface area contributed by atoms with Gasteiger partial charge in [0.15, 0.2) is 0 Å². The number of nitrogens with two attached hydrogens (primary N) is 1. The lowest BCUT2D eigenvalue weighted by molar-refractivity contribution is -0.137. The summed E-state index contributed by atoms with van der Waals surface area (Å²) in [6.07, 6.45) is -0.479. The fourth-order valence-electron chi connectivity index (χ4n) is 2.47. The zero-order chi connectivity index (χ0) is 18.7. The number of amides is 1. The van der Waals surface area contributed by atoms with Gasteiger partial charge in [0.2, 0.25) is 5.91 Å². The summed E-state index contributed by atoms with van der Waals surface area (Å²) in [6.45, 7) is 0.0300. The number of para-hydroxylation sites is 1. The first kappa shape index (κ1) is 17.5. The number of rotatable bonds is 5. The summed E-state index contributed by atoms with van der Waals surface area (Å²) < 4.78 is 39.2. The number of pyridine rings is 1. The quantitative estimate of drug-likeness (QED) is 0.541. The fourth-order valence-corrected chi connectivity index (χ4v) is 2.47. The van der Waals surface area contributed by atoms with Crippen molar-refractivity contribution < 1.29 is 18.0 Å². The summed E-state index contributed by atoms with van der Waals surface area (Å²) in [6, 6.07) is 9.51. The van der Waals surface area contributed by atoms with Gasteiger partial charge in [-0.05, 0) is 18.2 Å². The highest BCUT2D eigenvalue weighted by Gasteiger charge is 2.30. The molecular weight excluding hydrogens is 347 g/mol. The average Bonchev–Trinajstić information content (AvgIpc) is 2.92. The van der Waals surface area contributed by atoms with Crippen molar-refractivity contribution in [3.05, 3.63) is 59.9 Å². The van der Waals surface area contributed by atoms with Crippen LogP contribution in [0.1, 0.15) is 11.1 Å². The van der Waals surface area contributed by atoms with Crippen LogP contribution in [0.25, 0.3) is 10.9 Å². The molecule has 0 radical (unpaired) electrons. The second kappa shape index (κ2) is 6.87. The molecule has 3 aromatic rings. The molecule has 0 fully saturated rings. The molecule has 1 aromatic carbocycles. The van der Waals surface area contributed by atoms with Gasteiger partial charge in [-0.1, -0.05) is 18.2 Å². The molecule has 3 rings (SSSR count). The number of halogens is 3. The molecule has 0 aliphatic rings. The molecule has 0 spiro atoms. The molecule has 9 heteroatoms. The third kappa shape index (κ3) is 3.82. The lowest BCUT2D eigenvalue weighted by atomic mass is 10.2. The van der Waals surface area contributed by atoms with Crippen molar-refractivity contribution in [2.24, 2.45) is 10.8 Å². The monoisotopic (exact) mass is 361 g/mol. The molecule has 0 unspecified atom stereocenters. The molecule has 26 heavy (non-hydrogen) atoms. The molecule has 6 nitrogen and oxygen atoms in total. The molecular formula is C17H14F3N5O. The van der Waals surface area contributed by atoms with E-state index in [1.54, 1.807) is 10.8 Å². The van der Waals surface area contributed by atoms with Crippen molar-refractivity contribution in [1.82, 2.24) is 9.55 Å². The maximum Gasteiger partial charge on any atom is 0.417 e. The highest BCUT2D eigenvalue weighted by atomic mass is 19.4. The minimum atomic E-state index is -4.43. The molecule has 0 aliphatic heterocycles. The van der Waals surface area contributed by atoms with Gasteiger partial charge in [-0.15, -0.1) is 0 Å². The van der Waals surface area contributed by atoms with Crippen molar-refractivity contribution in [1.29, 1.82) is 0 Å². The van der Waals surface area contributed by atoms with Gasteiger partial charge in [0, 0.05) is 28.9 Å². The van der Waals surface area contributed by atoms with Crippen LogP contribution in [0.3, 0.4) is 0 Å². The highest BCUT2D eigenvalue weighted by Crippen LogP contribution is 2.28. The first-order valence-corrected chi connectivity index (χ1v) is 7.53. The molecule has 0 bridgehead atoms. The van der Waals surface area contributed by atoms with Crippen LogP contribution < -0.4 is 11.2 Å². The second-order valence-corrected chi connectivity index (χ2v) is 5.50. The highest BCUT2D eigenvalue weighted by molar-refractivity contribution is 6.00. The zero-order valence-electron chi connectivity index (χ0n) is 13.4. The van der Waals surface area contributed by atoms with Crippen molar-refractivity contribution >= 4 is 28.8 Å². The number of benzene rings is 1. The maximum absolute atomic E-state index is 12.5. The Bertz CT molecular complexity index is 961. The van der Waals surface area contributed by atoms with Crippen molar-refractivity contribution in [3.8, 4) is 0 Å². The maximum atomic E-state index is 12.5. The molecule has 3 N–H and O–H groups in total. The van der Waals surface area contributed by atoms with Gasteiger partial charge >= 0.3 is 6.18 Å². The van der Waals surface area contributed by atoms with Gasteiger partial charge < -0.3 is 10.3 Å². The summed E-state index contributed by atoms with van der Waals surface area (Å²) in [7, 11) is 0. The first-order valence-electron chi connectivity index (χ1n) is 7.53. The topological polar surface area (TPSA) is 85.3 Å². The number of fused-ring (bicyclic) bond motifs is 1. The molecule has 0 saturated carbocycles. The summed E-state index contributed by atoms with van der Waals surface area (Å²) in [4.78, 5) is 14.9. The SMILES string of the molecule is NC(=O)Cn1cc(C=NNc2ccc(C(F)(F)F)cn2)c2ccccc21. The number of carbonyl (C=O) groups is 1. The van der Waals surface area contributed by atoms with E-state index in [1.165, 1.54) is 12.3 Å². The van der Waals surface area contributed by atoms with Crippen LogP contribution in [-0.2, 0) is 17.5 Å². The predicted molar refractivity (Wildman–Crippen MR) is 91.6 cm³/mol. The Hall–Kier alpha value is -3.36. The van der Waals surface area contributed by atoms with Crippen molar-refractivity contribution in [2.45, 2.75) is 12.7 Å². The van der Waals surface area contributed by atoms with Crippen LogP contribution in [0.4, 0.5) is 19.0 Å². The Morgan fingerprint density at radius 1 is 1.27 bits per heavy atom. The summed E-state index contributed by atoms with van der Waals surface area (Å²) >= 11 is 0. The third-order valence-electron chi connectivity index (χ3n) is 3.62. The van der Waals surface area contributed by atoms with Crippen LogP contribution >= 0.6 is 0 Å². The number of aromatic nitrogens is 2. The van der Waals surface area contributed by atoms with Crippen LogP contribution in [-0.4, -0.2) is 21.7 Å². The van der Waals surface area contributed by atoms with E-state index in [1.807, 2.05) is 24.3 Å². The number of hydrogen-bond acceptors (Lipinski definition) is 4. The van der Waals surface area contributed by atoms with Crippen LogP contribution in [0.15, 0.2) is 53.9 Å². The number of hydrogen-bond donors (Lipinski definition) is 2. The van der Waals surface area contributed by atoms with E-state index in [2.05, 4.69) is 15.5 Å².